The van der Waals surface area contributed by atoms with Gasteiger partial charge in [-0.05, 0) is 31.4 Å². The van der Waals surface area contributed by atoms with Crippen LogP contribution in [0.4, 0.5) is 8.78 Å². The van der Waals surface area contributed by atoms with Crippen molar-refractivity contribution in [1.82, 2.24) is 5.32 Å². The van der Waals surface area contributed by atoms with E-state index in [0.717, 1.165) is 0 Å². The number of nitrogens with one attached hydrogen (secondary N) is 1. The molecule has 1 aromatic rings. The number of benzene rings is 1. The summed E-state index contributed by atoms with van der Waals surface area (Å²) in [4.78, 5) is 0. The molecule has 0 amide bonds. The minimum atomic E-state index is -2.43. The smallest absolute Gasteiger partial charge is 0.248 e. The molecule has 1 aliphatic rings. The molecule has 2 rings (SSSR count). The lowest BCUT2D eigenvalue weighted by Crippen LogP contribution is -2.25. The fourth-order valence-corrected chi connectivity index (χ4v) is 2.42. The Morgan fingerprint density at radius 1 is 1.35 bits per heavy atom. The van der Waals surface area contributed by atoms with E-state index < -0.39 is 5.92 Å². The molecule has 94 valence electrons. The van der Waals surface area contributed by atoms with Gasteiger partial charge < -0.3 is 5.32 Å². The first kappa shape index (κ1) is 12.5. The third-order valence-corrected chi connectivity index (χ3v) is 3.52. The largest absolute Gasteiger partial charge is 0.310 e. The van der Waals surface area contributed by atoms with Gasteiger partial charge in [-0.3, -0.25) is 0 Å². The van der Waals surface area contributed by atoms with E-state index in [0.29, 0.717) is 13.0 Å². The fourth-order valence-electron chi connectivity index (χ4n) is 2.42. The molecule has 1 aromatic carbocycles. The van der Waals surface area contributed by atoms with Crippen molar-refractivity contribution in [2.75, 3.05) is 6.54 Å². The predicted molar refractivity (Wildman–Crippen MR) is 65.1 cm³/mol. The van der Waals surface area contributed by atoms with E-state index in [2.05, 4.69) is 24.4 Å². The van der Waals surface area contributed by atoms with Crippen LogP contribution in [0.25, 0.3) is 0 Å². The summed E-state index contributed by atoms with van der Waals surface area (Å²) in [5.74, 6) is -2.31. The third kappa shape index (κ3) is 3.50. The SMILES string of the molecule is C[C@H](NCC1CCC(F)(F)C1)c1ccccc1. The fraction of sp³-hybridized carbons (Fsp3) is 0.571. The van der Waals surface area contributed by atoms with Crippen LogP contribution in [-0.2, 0) is 0 Å². The van der Waals surface area contributed by atoms with Crippen LogP contribution < -0.4 is 5.32 Å². The highest BCUT2D eigenvalue weighted by molar-refractivity contribution is 5.18. The molecule has 1 saturated carbocycles. The van der Waals surface area contributed by atoms with Crippen LogP contribution in [0.5, 0.6) is 0 Å². The minimum absolute atomic E-state index is 0.0432. The molecule has 1 unspecified atom stereocenters. The first-order chi connectivity index (χ1) is 8.07. The Bertz CT molecular complexity index is 350. The van der Waals surface area contributed by atoms with Crippen molar-refractivity contribution >= 4 is 0 Å². The van der Waals surface area contributed by atoms with Crippen molar-refractivity contribution in [3.8, 4) is 0 Å². The second-order valence-corrected chi connectivity index (χ2v) is 5.01. The molecule has 17 heavy (non-hydrogen) atoms. The van der Waals surface area contributed by atoms with Crippen molar-refractivity contribution < 1.29 is 8.78 Å². The summed E-state index contributed by atoms with van der Waals surface area (Å²) in [6.07, 6.45) is 0.738. The van der Waals surface area contributed by atoms with Gasteiger partial charge in [0, 0.05) is 18.9 Å². The van der Waals surface area contributed by atoms with Crippen molar-refractivity contribution in [2.45, 2.75) is 38.2 Å². The second kappa shape index (κ2) is 5.13. The molecule has 0 bridgehead atoms. The molecular formula is C14H19F2N. The molecule has 1 fully saturated rings. The normalized spacial score (nSPS) is 24.8. The number of hydrogen-bond acceptors (Lipinski definition) is 1. The van der Waals surface area contributed by atoms with E-state index in [4.69, 9.17) is 0 Å². The molecule has 1 aliphatic carbocycles. The average Bonchev–Trinajstić information content (AvgIpc) is 2.67. The average molecular weight is 239 g/mol. The number of rotatable bonds is 4. The zero-order valence-corrected chi connectivity index (χ0v) is 10.1. The van der Waals surface area contributed by atoms with E-state index >= 15 is 0 Å². The second-order valence-electron chi connectivity index (χ2n) is 5.01. The maximum atomic E-state index is 13.0. The standard InChI is InChI=1S/C14H19F2N/c1-11(13-5-3-2-4-6-13)17-10-12-7-8-14(15,16)9-12/h2-6,11-12,17H,7-10H2,1H3/t11-,12?/m0/s1. The van der Waals surface area contributed by atoms with Crippen LogP contribution in [0.3, 0.4) is 0 Å². The maximum absolute atomic E-state index is 13.0. The highest BCUT2D eigenvalue weighted by Crippen LogP contribution is 2.38. The van der Waals surface area contributed by atoms with E-state index in [1.165, 1.54) is 5.56 Å². The number of alkyl halides is 2. The maximum Gasteiger partial charge on any atom is 0.248 e. The van der Waals surface area contributed by atoms with Crippen molar-refractivity contribution in [3.05, 3.63) is 35.9 Å². The van der Waals surface area contributed by atoms with Gasteiger partial charge in [-0.2, -0.15) is 0 Å². The Morgan fingerprint density at radius 3 is 2.65 bits per heavy atom. The van der Waals surface area contributed by atoms with E-state index in [9.17, 15) is 8.78 Å². The van der Waals surface area contributed by atoms with Gasteiger partial charge in [0.05, 0.1) is 0 Å². The first-order valence-electron chi connectivity index (χ1n) is 6.23. The van der Waals surface area contributed by atoms with Gasteiger partial charge in [-0.1, -0.05) is 30.3 Å². The lowest BCUT2D eigenvalue weighted by atomic mass is 10.1. The Labute approximate surface area is 101 Å². The van der Waals surface area contributed by atoms with Crippen LogP contribution in [0, 0.1) is 5.92 Å². The van der Waals surface area contributed by atoms with Crippen LogP contribution in [0.15, 0.2) is 30.3 Å². The van der Waals surface area contributed by atoms with Crippen molar-refractivity contribution in [3.63, 3.8) is 0 Å². The van der Waals surface area contributed by atoms with Crippen molar-refractivity contribution in [2.24, 2.45) is 5.92 Å². The summed E-state index contributed by atoms with van der Waals surface area (Å²) in [7, 11) is 0. The molecule has 1 nitrogen and oxygen atoms in total. The molecule has 0 aromatic heterocycles. The summed E-state index contributed by atoms with van der Waals surface area (Å²) >= 11 is 0. The highest BCUT2D eigenvalue weighted by atomic mass is 19.3. The van der Waals surface area contributed by atoms with Gasteiger partial charge in [0.1, 0.15) is 0 Å². The zero-order chi connectivity index (χ0) is 12.3. The molecule has 0 radical (unpaired) electrons. The van der Waals surface area contributed by atoms with Gasteiger partial charge in [0.25, 0.3) is 0 Å². The van der Waals surface area contributed by atoms with Gasteiger partial charge in [-0.15, -0.1) is 0 Å². The minimum Gasteiger partial charge on any atom is -0.310 e. The summed E-state index contributed by atoms with van der Waals surface area (Å²) in [5.41, 5.74) is 1.21. The topological polar surface area (TPSA) is 12.0 Å². The van der Waals surface area contributed by atoms with Gasteiger partial charge in [0.15, 0.2) is 0 Å². The van der Waals surface area contributed by atoms with Crippen LogP contribution in [0.1, 0.15) is 37.8 Å². The zero-order valence-electron chi connectivity index (χ0n) is 10.1. The van der Waals surface area contributed by atoms with Gasteiger partial charge in [-0.25, -0.2) is 8.78 Å². The van der Waals surface area contributed by atoms with Crippen LogP contribution in [-0.4, -0.2) is 12.5 Å². The Kier molecular flexibility index (Phi) is 3.77. The van der Waals surface area contributed by atoms with Crippen LogP contribution in [0.2, 0.25) is 0 Å². The summed E-state index contributed by atoms with van der Waals surface area (Å²) in [6, 6.07) is 10.3. The summed E-state index contributed by atoms with van der Waals surface area (Å²) in [5, 5.41) is 3.35. The Morgan fingerprint density at radius 2 is 2.06 bits per heavy atom. The first-order valence-corrected chi connectivity index (χ1v) is 6.23. The molecule has 0 heterocycles. The molecule has 2 atom stereocenters. The lowest BCUT2D eigenvalue weighted by molar-refractivity contribution is 0.00500. The Hall–Kier alpha value is -0.960. The quantitative estimate of drug-likeness (QED) is 0.843. The molecule has 1 N–H and O–H groups in total. The molecule has 0 saturated heterocycles. The van der Waals surface area contributed by atoms with Gasteiger partial charge in [0.2, 0.25) is 5.92 Å². The molecular weight excluding hydrogens is 220 g/mol. The monoisotopic (exact) mass is 239 g/mol. The predicted octanol–water partition coefficient (Wildman–Crippen LogP) is 3.77. The third-order valence-electron chi connectivity index (χ3n) is 3.52. The van der Waals surface area contributed by atoms with E-state index in [-0.39, 0.29) is 24.8 Å². The summed E-state index contributed by atoms with van der Waals surface area (Å²) in [6.45, 7) is 2.76. The van der Waals surface area contributed by atoms with Gasteiger partial charge >= 0.3 is 0 Å². The number of hydrogen-bond donors (Lipinski definition) is 1. The van der Waals surface area contributed by atoms with E-state index in [1.807, 2.05) is 18.2 Å². The summed E-state index contributed by atoms with van der Waals surface area (Å²) < 4.78 is 26.0. The molecule has 0 aliphatic heterocycles. The highest BCUT2D eigenvalue weighted by Gasteiger charge is 2.39. The molecule has 3 heteroatoms. The number of halogens is 2. The lowest BCUT2D eigenvalue weighted by Gasteiger charge is -2.17. The van der Waals surface area contributed by atoms with Crippen LogP contribution >= 0.6 is 0 Å². The Balaban J connectivity index is 1.79. The molecule has 0 spiro atoms. The van der Waals surface area contributed by atoms with E-state index in [1.54, 1.807) is 0 Å². The van der Waals surface area contributed by atoms with Crippen molar-refractivity contribution in [1.29, 1.82) is 0 Å².